The summed E-state index contributed by atoms with van der Waals surface area (Å²) in [6.07, 6.45) is 2.89. The van der Waals surface area contributed by atoms with Crippen molar-refractivity contribution in [3.63, 3.8) is 0 Å². The summed E-state index contributed by atoms with van der Waals surface area (Å²) in [5, 5.41) is 3.38. The Morgan fingerprint density at radius 1 is 1.28 bits per heavy atom. The van der Waals surface area contributed by atoms with Crippen molar-refractivity contribution in [2.75, 3.05) is 26.9 Å². The zero-order chi connectivity index (χ0) is 18.1. The highest BCUT2D eigenvalue weighted by Crippen LogP contribution is 2.17. The van der Waals surface area contributed by atoms with Crippen molar-refractivity contribution in [1.29, 1.82) is 0 Å². The SMILES string of the molecule is COC(=O)c1ccc(OCC(CNC(C)C)OC2CCCCO2)cc1. The second kappa shape index (κ2) is 10.4. The summed E-state index contributed by atoms with van der Waals surface area (Å²) in [7, 11) is 1.36. The van der Waals surface area contributed by atoms with Crippen LogP contribution in [0.25, 0.3) is 0 Å². The van der Waals surface area contributed by atoms with Gasteiger partial charge in [-0.15, -0.1) is 0 Å². The third kappa shape index (κ3) is 7.02. The molecule has 140 valence electrons. The minimum atomic E-state index is -0.358. The summed E-state index contributed by atoms with van der Waals surface area (Å²) in [4.78, 5) is 11.5. The molecule has 6 heteroatoms. The van der Waals surface area contributed by atoms with Crippen molar-refractivity contribution >= 4 is 5.97 Å². The Hall–Kier alpha value is -1.63. The van der Waals surface area contributed by atoms with E-state index < -0.39 is 0 Å². The van der Waals surface area contributed by atoms with Gasteiger partial charge in [-0.25, -0.2) is 4.79 Å². The van der Waals surface area contributed by atoms with E-state index in [9.17, 15) is 4.79 Å². The fraction of sp³-hybridized carbons (Fsp3) is 0.632. The van der Waals surface area contributed by atoms with Crippen LogP contribution in [-0.2, 0) is 14.2 Å². The highest BCUT2D eigenvalue weighted by molar-refractivity contribution is 5.89. The monoisotopic (exact) mass is 351 g/mol. The molecule has 1 N–H and O–H groups in total. The van der Waals surface area contributed by atoms with Gasteiger partial charge in [-0.2, -0.15) is 0 Å². The van der Waals surface area contributed by atoms with Crippen molar-refractivity contribution in [2.24, 2.45) is 0 Å². The molecular formula is C19H29NO5. The third-order valence-electron chi connectivity index (χ3n) is 3.95. The molecule has 0 saturated carbocycles. The fourth-order valence-electron chi connectivity index (χ4n) is 2.54. The number of rotatable bonds is 9. The third-order valence-corrected chi connectivity index (χ3v) is 3.95. The molecule has 6 nitrogen and oxygen atoms in total. The van der Waals surface area contributed by atoms with Crippen LogP contribution in [0, 0.1) is 0 Å². The molecule has 1 aromatic carbocycles. The van der Waals surface area contributed by atoms with Gasteiger partial charge < -0.3 is 24.3 Å². The van der Waals surface area contributed by atoms with E-state index in [1.54, 1.807) is 24.3 Å². The lowest BCUT2D eigenvalue weighted by molar-refractivity contribution is -0.192. The van der Waals surface area contributed by atoms with Gasteiger partial charge in [-0.05, 0) is 43.5 Å². The Morgan fingerprint density at radius 3 is 2.64 bits per heavy atom. The first-order valence-corrected chi connectivity index (χ1v) is 8.90. The maximum atomic E-state index is 11.5. The van der Waals surface area contributed by atoms with Crippen LogP contribution in [-0.4, -0.2) is 51.3 Å². The van der Waals surface area contributed by atoms with E-state index >= 15 is 0 Å². The van der Waals surface area contributed by atoms with E-state index in [1.165, 1.54) is 7.11 Å². The van der Waals surface area contributed by atoms with Gasteiger partial charge in [0, 0.05) is 19.2 Å². The van der Waals surface area contributed by atoms with Crippen molar-refractivity contribution in [3.8, 4) is 5.75 Å². The molecule has 2 unspecified atom stereocenters. The quantitative estimate of drug-likeness (QED) is 0.690. The summed E-state index contributed by atoms with van der Waals surface area (Å²) in [5.74, 6) is 0.332. The first-order chi connectivity index (χ1) is 12.1. The first kappa shape index (κ1) is 19.7. The number of esters is 1. The topological polar surface area (TPSA) is 66.0 Å². The maximum absolute atomic E-state index is 11.5. The molecule has 1 aliphatic heterocycles. The van der Waals surface area contributed by atoms with E-state index in [0.29, 0.717) is 30.5 Å². The normalized spacial score (nSPS) is 18.8. The lowest BCUT2D eigenvalue weighted by Crippen LogP contribution is -2.40. The van der Waals surface area contributed by atoms with Gasteiger partial charge in [-0.3, -0.25) is 0 Å². The Labute approximate surface area is 149 Å². The van der Waals surface area contributed by atoms with Crippen LogP contribution < -0.4 is 10.1 Å². The predicted octanol–water partition coefficient (Wildman–Crippen LogP) is 2.76. The number of ether oxygens (including phenoxy) is 4. The van der Waals surface area contributed by atoms with E-state index in [1.807, 2.05) is 0 Å². The van der Waals surface area contributed by atoms with Crippen LogP contribution in [0.15, 0.2) is 24.3 Å². The lowest BCUT2D eigenvalue weighted by Gasteiger charge is -2.28. The van der Waals surface area contributed by atoms with Gasteiger partial charge in [-0.1, -0.05) is 13.8 Å². The zero-order valence-electron chi connectivity index (χ0n) is 15.3. The van der Waals surface area contributed by atoms with Crippen LogP contribution in [0.5, 0.6) is 5.75 Å². The van der Waals surface area contributed by atoms with Crippen molar-refractivity contribution in [1.82, 2.24) is 5.32 Å². The minimum absolute atomic E-state index is 0.106. The van der Waals surface area contributed by atoms with E-state index in [2.05, 4.69) is 19.2 Å². The van der Waals surface area contributed by atoms with Crippen molar-refractivity contribution < 1.29 is 23.7 Å². The van der Waals surface area contributed by atoms with Gasteiger partial charge in [0.1, 0.15) is 18.5 Å². The molecule has 0 spiro atoms. The molecule has 0 aliphatic carbocycles. The van der Waals surface area contributed by atoms with Crippen molar-refractivity contribution in [3.05, 3.63) is 29.8 Å². The largest absolute Gasteiger partial charge is 0.491 e. The summed E-state index contributed by atoms with van der Waals surface area (Å²) in [5.41, 5.74) is 0.500. The Morgan fingerprint density at radius 2 is 2.04 bits per heavy atom. The standard InChI is InChI=1S/C19H29NO5/c1-14(2)20-12-17(25-18-6-4-5-11-23-18)13-24-16-9-7-15(8-10-16)19(21)22-3/h7-10,14,17-18,20H,4-6,11-13H2,1-3H3. The van der Waals surface area contributed by atoms with Crippen LogP contribution in [0.1, 0.15) is 43.5 Å². The first-order valence-electron chi connectivity index (χ1n) is 8.90. The number of nitrogens with one attached hydrogen (secondary N) is 1. The van der Waals surface area contributed by atoms with Crippen LogP contribution in [0.3, 0.4) is 0 Å². The predicted molar refractivity (Wildman–Crippen MR) is 94.9 cm³/mol. The molecular weight excluding hydrogens is 322 g/mol. The van der Waals surface area contributed by atoms with Gasteiger partial charge in [0.15, 0.2) is 6.29 Å². The molecule has 1 aliphatic rings. The lowest BCUT2D eigenvalue weighted by atomic mass is 10.2. The minimum Gasteiger partial charge on any atom is -0.491 e. The highest BCUT2D eigenvalue weighted by Gasteiger charge is 2.20. The number of methoxy groups -OCH3 is 1. The number of carbonyl (C=O) groups is 1. The average Bonchev–Trinajstić information content (AvgIpc) is 2.64. The van der Waals surface area contributed by atoms with Gasteiger partial charge >= 0.3 is 5.97 Å². The number of benzene rings is 1. The summed E-state index contributed by atoms with van der Waals surface area (Å²) in [6, 6.07) is 7.27. The number of carbonyl (C=O) groups excluding carboxylic acids is 1. The molecule has 25 heavy (non-hydrogen) atoms. The molecule has 1 heterocycles. The Balaban J connectivity index is 1.87. The average molecular weight is 351 g/mol. The second-order valence-electron chi connectivity index (χ2n) is 6.44. The molecule has 0 amide bonds. The summed E-state index contributed by atoms with van der Waals surface area (Å²) >= 11 is 0. The van der Waals surface area contributed by atoms with E-state index in [-0.39, 0.29) is 18.4 Å². The molecule has 0 bridgehead atoms. The fourth-order valence-corrected chi connectivity index (χ4v) is 2.54. The van der Waals surface area contributed by atoms with E-state index in [0.717, 1.165) is 25.9 Å². The van der Waals surface area contributed by atoms with Crippen LogP contribution >= 0.6 is 0 Å². The van der Waals surface area contributed by atoms with Crippen LogP contribution in [0.2, 0.25) is 0 Å². The Bertz CT molecular complexity index is 511. The second-order valence-corrected chi connectivity index (χ2v) is 6.44. The highest BCUT2D eigenvalue weighted by atomic mass is 16.7. The Kier molecular flexibility index (Phi) is 8.18. The molecule has 0 aromatic heterocycles. The van der Waals surface area contributed by atoms with Gasteiger partial charge in [0.2, 0.25) is 0 Å². The van der Waals surface area contributed by atoms with Gasteiger partial charge in [0.05, 0.1) is 12.7 Å². The van der Waals surface area contributed by atoms with Crippen molar-refractivity contribution in [2.45, 2.75) is 51.5 Å². The summed E-state index contributed by atoms with van der Waals surface area (Å²) in [6.45, 7) is 6.06. The zero-order valence-corrected chi connectivity index (χ0v) is 15.3. The molecule has 1 fully saturated rings. The molecule has 1 saturated heterocycles. The molecule has 2 atom stereocenters. The van der Waals surface area contributed by atoms with Crippen LogP contribution in [0.4, 0.5) is 0 Å². The summed E-state index contributed by atoms with van der Waals surface area (Å²) < 4.78 is 22.3. The number of hydrogen-bond acceptors (Lipinski definition) is 6. The molecule has 0 radical (unpaired) electrons. The smallest absolute Gasteiger partial charge is 0.337 e. The number of hydrogen-bond donors (Lipinski definition) is 1. The molecule has 1 aromatic rings. The maximum Gasteiger partial charge on any atom is 0.337 e. The van der Waals surface area contributed by atoms with E-state index in [4.69, 9.17) is 18.9 Å². The molecule has 2 rings (SSSR count). The van der Waals surface area contributed by atoms with Gasteiger partial charge in [0.25, 0.3) is 0 Å².